The molecule has 0 fully saturated rings. The van der Waals surface area contributed by atoms with Gasteiger partial charge >= 0.3 is 0 Å². The highest BCUT2D eigenvalue weighted by molar-refractivity contribution is 9.10. The Balaban J connectivity index is 1.80. The van der Waals surface area contributed by atoms with Crippen LogP contribution in [0.15, 0.2) is 41.0 Å². The van der Waals surface area contributed by atoms with Gasteiger partial charge in [0, 0.05) is 18.3 Å². The summed E-state index contributed by atoms with van der Waals surface area (Å²) >= 11 is 3.39. The van der Waals surface area contributed by atoms with E-state index in [4.69, 9.17) is 9.47 Å². The molecule has 0 aliphatic carbocycles. The maximum atomic E-state index is 12.3. The molecule has 2 amide bonds. The molecule has 0 radical (unpaired) electrons. The van der Waals surface area contributed by atoms with Gasteiger partial charge in [-0.1, -0.05) is 13.0 Å². The van der Waals surface area contributed by atoms with Crippen molar-refractivity contribution in [3.8, 4) is 17.2 Å². The number of aromatic hydroxyl groups is 1. The highest BCUT2D eigenvalue weighted by Crippen LogP contribution is 2.34. The second-order valence-electron chi connectivity index (χ2n) is 6.41. The maximum absolute atomic E-state index is 12.3. The second-order valence-corrected chi connectivity index (χ2v) is 7.26. The van der Waals surface area contributed by atoms with Crippen LogP contribution in [-0.4, -0.2) is 30.6 Å². The number of phenolic OH excluding ortho intramolecular Hbond substituents is 1. The molecule has 0 atom stereocenters. The Morgan fingerprint density at radius 3 is 2.62 bits per heavy atom. The summed E-state index contributed by atoms with van der Waals surface area (Å²) in [7, 11) is 1.50. The van der Waals surface area contributed by atoms with Gasteiger partial charge < -0.3 is 19.9 Å². The molecule has 0 saturated carbocycles. The molecular formula is C21H21BrN2O5. The van der Waals surface area contributed by atoms with E-state index < -0.39 is 11.8 Å². The molecule has 1 aliphatic heterocycles. The Morgan fingerprint density at radius 1 is 1.14 bits per heavy atom. The number of carbonyl (C=O) groups excluding carboxylic acids is 2. The minimum Gasteiger partial charge on any atom is -0.504 e. The van der Waals surface area contributed by atoms with E-state index >= 15 is 0 Å². The van der Waals surface area contributed by atoms with Crippen LogP contribution in [0.25, 0.3) is 5.57 Å². The Hall–Kier alpha value is -3.00. The predicted molar refractivity (Wildman–Crippen MR) is 112 cm³/mol. The molecule has 1 aliphatic rings. The number of nitrogens with one attached hydrogen (secondary N) is 2. The van der Waals surface area contributed by atoms with Crippen molar-refractivity contribution in [2.75, 3.05) is 13.7 Å². The Labute approximate surface area is 176 Å². The fourth-order valence-electron chi connectivity index (χ4n) is 2.90. The molecule has 7 nitrogen and oxygen atoms in total. The normalized spacial score (nSPS) is 14.4. The Kier molecular flexibility index (Phi) is 6.43. The van der Waals surface area contributed by atoms with Crippen molar-refractivity contribution in [3.05, 3.63) is 57.7 Å². The second kappa shape index (κ2) is 9.00. The van der Waals surface area contributed by atoms with Crippen LogP contribution in [0.4, 0.5) is 0 Å². The number of imide groups is 1. The van der Waals surface area contributed by atoms with Gasteiger partial charge in [-0.15, -0.1) is 0 Å². The Bertz CT molecular complexity index is 987. The predicted octanol–water partition coefficient (Wildman–Crippen LogP) is 3.35. The minimum atomic E-state index is -0.488. The molecule has 3 rings (SSSR count). The maximum Gasteiger partial charge on any atom is 0.260 e. The van der Waals surface area contributed by atoms with E-state index in [1.54, 1.807) is 30.5 Å². The smallest absolute Gasteiger partial charge is 0.260 e. The largest absolute Gasteiger partial charge is 0.504 e. The number of hydrogen-bond donors (Lipinski definition) is 3. The molecule has 2 aromatic carbocycles. The third-order valence-corrected chi connectivity index (χ3v) is 4.96. The average Bonchev–Trinajstić information content (AvgIpc) is 2.69. The van der Waals surface area contributed by atoms with Crippen molar-refractivity contribution in [2.45, 2.75) is 19.9 Å². The number of halogens is 1. The molecule has 29 heavy (non-hydrogen) atoms. The topological polar surface area (TPSA) is 96.9 Å². The lowest BCUT2D eigenvalue weighted by Gasteiger charge is -2.20. The first kappa shape index (κ1) is 20.7. The van der Waals surface area contributed by atoms with Crippen molar-refractivity contribution in [1.29, 1.82) is 0 Å². The third kappa shape index (κ3) is 4.54. The lowest BCUT2D eigenvalue weighted by molar-refractivity contribution is -0.114. The molecule has 0 saturated heterocycles. The van der Waals surface area contributed by atoms with Crippen molar-refractivity contribution in [2.24, 2.45) is 0 Å². The summed E-state index contributed by atoms with van der Waals surface area (Å²) in [6.07, 6.45) is 2.41. The molecular weight excluding hydrogens is 440 g/mol. The van der Waals surface area contributed by atoms with E-state index in [1.165, 1.54) is 7.11 Å². The number of phenols is 1. The van der Waals surface area contributed by atoms with Gasteiger partial charge in [0.2, 0.25) is 0 Å². The molecule has 3 N–H and O–H groups in total. The highest BCUT2D eigenvalue weighted by Gasteiger charge is 2.28. The fourth-order valence-corrected chi connectivity index (χ4v) is 3.41. The van der Waals surface area contributed by atoms with Crippen molar-refractivity contribution in [1.82, 2.24) is 10.6 Å². The number of methoxy groups -OCH3 is 1. The summed E-state index contributed by atoms with van der Waals surface area (Å²) in [5.41, 5.74) is 2.00. The summed E-state index contributed by atoms with van der Waals surface area (Å²) in [6, 6.07) is 8.42. The van der Waals surface area contributed by atoms with Crippen LogP contribution in [0.2, 0.25) is 0 Å². The summed E-state index contributed by atoms with van der Waals surface area (Å²) in [6.45, 7) is 2.90. The van der Waals surface area contributed by atoms with Gasteiger partial charge in [-0.2, -0.15) is 0 Å². The Morgan fingerprint density at radius 2 is 1.93 bits per heavy atom. The van der Waals surface area contributed by atoms with Crippen LogP contribution in [-0.2, 0) is 11.3 Å². The molecule has 0 unspecified atom stereocenters. The van der Waals surface area contributed by atoms with Crippen LogP contribution in [0.5, 0.6) is 17.2 Å². The van der Waals surface area contributed by atoms with E-state index in [2.05, 4.69) is 26.6 Å². The zero-order valence-electron chi connectivity index (χ0n) is 16.0. The van der Waals surface area contributed by atoms with Gasteiger partial charge in [-0.05, 0) is 52.2 Å². The lowest BCUT2D eigenvalue weighted by atomic mass is 9.95. The first-order valence-electron chi connectivity index (χ1n) is 9.06. The van der Waals surface area contributed by atoms with Gasteiger partial charge in [0.05, 0.1) is 29.3 Å². The molecule has 8 heteroatoms. The molecule has 0 aromatic heterocycles. The summed E-state index contributed by atoms with van der Waals surface area (Å²) in [4.78, 5) is 24.5. The number of hydrogen-bond acceptors (Lipinski definition) is 6. The van der Waals surface area contributed by atoms with Gasteiger partial charge in [0.15, 0.2) is 11.5 Å². The zero-order valence-corrected chi connectivity index (χ0v) is 17.6. The number of ether oxygens (including phenoxy) is 2. The lowest BCUT2D eigenvalue weighted by Crippen LogP contribution is -2.37. The van der Waals surface area contributed by atoms with E-state index in [-0.39, 0.29) is 5.75 Å². The van der Waals surface area contributed by atoms with Gasteiger partial charge in [-0.25, -0.2) is 0 Å². The standard InChI is InChI=1S/C21H21BrN2O5/c1-3-6-29-18-5-4-12(7-17(18)25)10-23-11-15-13-8-16(22)19(28-2)9-14(13)20(26)24-21(15)27/h4-5,7-9,11,23,25H,3,6,10H2,1-2H3,(H,24,26,27). The summed E-state index contributed by atoms with van der Waals surface area (Å²) in [5, 5.41) is 15.5. The van der Waals surface area contributed by atoms with E-state index in [9.17, 15) is 14.7 Å². The van der Waals surface area contributed by atoms with Crippen molar-refractivity contribution < 1.29 is 24.2 Å². The quantitative estimate of drug-likeness (QED) is 0.433. The van der Waals surface area contributed by atoms with E-state index in [1.807, 2.05) is 13.0 Å². The third-order valence-electron chi connectivity index (χ3n) is 4.34. The van der Waals surface area contributed by atoms with Crippen LogP contribution < -0.4 is 20.1 Å². The summed E-state index contributed by atoms with van der Waals surface area (Å²) < 4.78 is 11.3. The molecule has 2 aromatic rings. The fraction of sp³-hybridized carbons (Fsp3) is 0.238. The number of benzene rings is 2. The number of carbonyl (C=O) groups is 2. The van der Waals surface area contributed by atoms with E-state index in [0.29, 0.717) is 45.8 Å². The van der Waals surface area contributed by atoms with Crippen LogP contribution in [0.1, 0.15) is 34.8 Å². The first-order valence-corrected chi connectivity index (χ1v) is 9.85. The molecule has 0 spiro atoms. The van der Waals surface area contributed by atoms with Gasteiger partial charge in [-0.3, -0.25) is 14.9 Å². The molecule has 1 heterocycles. The zero-order chi connectivity index (χ0) is 21.0. The molecule has 152 valence electrons. The molecule has 0 bridgehead atoms. The van der Waals surface area contributed by atoms with E-state index in [0.717, 1.165) is 12.0 Å². The average molecular weight is 461 g/mol. The minimum absolute atomic E-state index is 0.0628. The van der Waals surface area contributed by atoms with Gasteiger partial charge in [0.25, 0.3) is 11.8 Å². The summed E-state index contributed by atoms with van der Waals surface area (Å²) in [5.74, 6) is 0.0415. The monoisotopic (exact) mass is 460 g/mol. The van der Waals surface area contributed by atoms with Crippen LogP contribution in [0, 0.1) is 0 Å². The van der Waals surface area contributed by atoms with Gasteiger partial charge in [0.1, 0.15) is 5.75 Å². The first-order chi connectivity index (χ1) is 13.9. The SMILES string of the molecule is CCCOc1ccc(CNC=C2C(=O)NC(=O)c3cc(OC)c(Br)cc32)cc1O. The number of rotatable bonds is 7. The van der Waals surface area contributed by atoms with Crippen molar-refractivity contribution in [3.63, 3.8) is 0 Å². The highest BCUT2D eigenvalue weighted by atomic mass is 79.9. The number of fused-ring (bicyclic) bond motifs is 1. The van der Waals surface area contributed by atoms with Crippen LogP contribution >= 0.6 is 15.9 Å². The van der Waals surface area contributed by atoms with Crippen LogP contribution in [0.3, 0.4) is 0 Å². The number of amides is 2. The van der Waals surface area contributed by atoms with Crippen molar-refractivity contribution >= 4 is 33.3 Å².